The third-order valence-corrected chi connectivity index (χ3v) is 4.25. The van der Waals surface area contributed by atoms with E-state index in [1.807, 2.05) is 0 Å². The first-order chi connectivity index (χ1) is 14.3. The van der Waals surface area contributed by atoms with E-state index in [-0.39, 0.29) is 28.4 Å². The average molecular weight is 416 g/mol. The third kappa shape index (κ3) is 4.62. The lowest BCUT2D eigenvalue weighted by molar-refractivity contribution is -0.385. The van der Waals surface area contributed by atoms with E-state index in [4.69, 9.17) is 18.9 Å². The summed E-state index contributed by atoms with van der Waals surface area (Å²) >= 11 is 0. The summed E-state index contributed by atoms with van der Waals surface area (Å²) in [7, 11) is 9.22. The van der Waals surface area contributed by atoms with Crippen molar-refractivity contribution in [3.63, 3.8) is 0 Å². The molecule has 9 heteroatoms. The molecule has 0 unspecified atom stereocenters. The highest BCUT2D eigenvalue weighted by Gasteiger charge is 2.23. The summed E-state index contributed by atoms with van der Waals surface area (Å²) in [4.78, 5) is 25.9. The minimum Gasteiger partial charge on any atom is -0.493 e. The van der Waals surface area contributed by atoms with Crippen LogP contribution in [0.4, 0.5) is 5.69 Å². The van der Waals surface area contributed by atoms with Crippen LogP contribution in [0.5, 0.6) is 23.0 Å². The highest BCUT2D eigenvalue weighted by molar-refractivity contribution is 6.29. The van der Waals surface area contributed by atoms with Crippen LogP contribution in [0.15, 0.2) is 36.5 Å². The number of hydrogen-bond donors (Lipinski definition) is 0. The fraction of sp³-hybridized carbons (Fsp3) is 0.286. The molecule has 0 spiro atoms. The summed E-state index contributed by atoms with van der Waals surface area (Å²) in [6.45, 7) is 0. The Morgan fingerprint density at radius 3 is 1.90 bits per heavy atom. The van der Waals surface area contributed by atoms with Crippen LogP contribution in [-0.4, -0.2) is 58.1 Å². The Bertz CT molecular complexity index is 958. The van der Waals surface area contributed by atoms with Gasteiger partial charge in [-0.3, -0.25) is 14.9 Å². The van der Waals surface area contributed by atoms with Crippen LogP contribution in [0.1, 0.15) is 15.9 Å². The second-order valence-corrected chi connectivity index (χ2v) is 6.39. The summed E-state index contributed by atoms with van der Waals surface area (Å²) in [5.41, 5.74) is 0.656. The monoisotopic (exact) mass is 416 g/mol. The molecule has 0 amide bonds. The minimum atomic E-state index is -0.556. The quantitative estimate of drug-likeness (QED) is 0.265. The van der Waals surface area contributed by atoms with Gasteiger partial charge in [0.05, 0.1) is 33.4 Å². The zero-order chi connectivity index (χ0) is 22.4. The van der Waals surface area contributed by atoms with Gasteiger partial charge < -0.3 is 23.8 Å². The second-order valence-electron chi connectivity index (χ2n) is 6.39. The van der Waals surface area contributed by atoms with Crippen molar-refractivity contribution < 1.29 is 28.7 Å². The summed E-state index contributed by atoms with van der Waals surface area (Å²) < 4.78 is 21.0. The molecule has 0 fully saturated rings. The van der Waals surface area contributed by atoms with Gasteiger partial charge in [0.15, 0.2) is 23.0 Å². The van der Waals surface area contributed by atoms with E-state index >= 15 is 0 Å². The van der Waals surface area contributed by atoms with Crippen LogP contribution in [0.3, 0.4) is 0 Å². The number of nitro groups is 1. The molecule has 9 nitrogen and oxygen atoms in total. The molecule has 0 heterocycles. The summed E-state index contributed by atoms with van der Waals surface area (Å²) in [6, 6.07) is 7.43. The Morgan fingerprint density at radius 1 is 0.900 bits per heavy atom. The van der Waals surface area contributed by atoms with Crippen molar-refractivity contribution in [2.45, 2.75) is 0 Å². The molecular weight excluding hydrogens is 392 g/mol. The van der Waals surface area contributed by atoms with E-state index in [2.05, 4.69) is 0 Å². The van der Waals surface area contributed by atoms with Crippen molar-refractivity contribution in [1.29, 1.82) is 0 Å². The maximum absolute atomic E-state index is 13.4. The SMILES string of the molecule is COc1ccc(/C(=C\N(C)C)C(=O)c2cc(OC)c(OC)c(OC)c2)cc1[N+](=O)[O-]. The fourth-order valence-electron chi connectivity index (χ4n) is 2.89. The van der Waals surface area contributed by atoms with Crippen LogP contribution in [-0.2, 0) is 0 Å². The molecule has 0 aliphatic rings. The number of rotatable bonds is 9. The van der Waals surface area contributed by atoms with Crippen molar-refractivity contribution >= 4 is 17.0 Å². The van der Waals surface area contributed by atoms with Gasteiger partial charge in [-0.25, -0.2) is 0 Å². The van der Waals surface area contributed by atoms with Gasteiger partial charge in [-0.2, -0.15) is 0 Å². The van der Waals surface area contributed by atoms with Gasteiger partial charge in [0.2, 0.25) is 5.75 Å². The standard InChI is InChI=1S/C21H24N2O7/c1-22(2)12-15(13-7-8-17(27-3)16(9-13)23(25)26)20(24)14-10-18(28-4)21(30-6)19(11-14)29-5/h7-12H,1-6H3/b15-12+. The molecular formula is C21H24N2O7. The number of allylic oxidation sites excluding steroid dienone is 1. The number of carbonyl (C=O) groups excluding carboxylic acids is 1. The smallest absolute Gasteiger partial charge is 0.311 e. The largest absolute Gasteiger partial charge is 0.493 e. The van der Waals surface area contributed by atoms with Crippen molar-refractivity contribution in [2.24, 2.45) is 0 Å². The molecule has 30 heavy (non-hydrogen) atoms. The maximum atomic E-state index is 13.4. The number of carbonyl (C=O) groups is 1. The number of ketones is 1. The van der Waals surface area contributed by atoms with E-state index in [0.29, 0.717) is 22.8 Å². The summed E-state index contributed by atoms with van der Waals surface area (Å²) in [5, 5.41) is 11.4. The molecule has 160 valence electrons. The third-order valence-electron chi connectivity index (χ3n) is 4.25. The lowest BCUT2D eigenvalue weighted by Gasteiger charge is -2.16. The predicted molar refractivity (Wildman–Crippen MR) is 112 cm³/mol. The summed E-state index contributed by atoms with van der Waals surface area (Å²) in [5.74, 6) is 0.737. The Morgan fingerprint density at radius 2 is 1.47 bits per heavy atom. The van der Waals surface area contributed by atoms with Gasteiger partial charge in [-0.1, -0.05) is 0 Å². The first-order valence-electron chi connectivity index (χ1n) is 8.83. The van der Waals surface area contributed by atoms with Gasteiger partial charge in [-0.15, -0.1) is 0 Å². The molecule has 0 aliphatic carbocycles. The Hall–Kier alpha value is -3.75. The van der Waals surface area contributed by atoms with Crippen LogP contribution in [0.25, 0.3) is 5.57 Å². The highest BCUT2D eigenvalue weighted by atomic mass is 16.6. The van der Waals surface area contributed by atoms with Crippen molar-refractivity contribution in [3.8, 4) is 23.0 Å². The number of hydrogen-bond acceptors (Lipinski definition) is 8. The van der Waals surface area contributed by atoms with Crippen LogP contribution >= 0.6 is 0 Å². The van der Waals surface area contributed by atoms with Gasteiger partial charge in [0, 0.05) is 37.5 Å². The lowest BCUT2D eigenvalue weighted by atomic mass is 9.96. The lowest BCUT2D eigenvalue weighted by Crippen LogP contribution is -2.10. The van der Waals surface area contributed by atoms with E-state index in [1.165, 1.54) is 52.7 Å². The van der Waals surface area contributed by atoms with Gasteiger partial charge >= 0.3 is 5.69 Å². The fourth-order valence-corrected chi connectivity index (χ4v) is 2.89. The first-order valence-corrected chi connectivity index (χ1v) is 8.83. The van der Waals surface area contributed by atoms with E-state index < -0.39 is 4.92 Å². The van der Waals surface area contributed by atoms with Gasteiger partial charge in [0.25, 0.3) is 0 Å². The maximum Gasteiger partial charge on any atom is 0.311 e. The number of nitrogens with zero attached hydrogens (tertiary/aromatic N) is 2. The number of Topliss-reactive ketones (excluding diaryl/α,β-unsaturated/α-hetero) is 1. The minimum absolute atomic E-state index is 0.105. The molecule has 0 atom stereocenters. The van der Waals surface area contributed by atoms with Crippen LogP contribution in [0.2, 0.25) is 0 Å². The van der Waals surface area contributed by atoms with Crippen LogP contribution in [0, 0.1) is 10.1 Å². The molecule has 0 saturated carbocycles. The molecule has 2 aromatic rings. The average Bonchev–Trinajstić information content (AvgIpc) is 2.75. The van der Waals surface area contributed by atoms with Crippen LogP contribution < -0.4 is 18.9 Å². The second kappa shape index (κ2) is 9.64. The van der Waals surface area contributed by atoms with Gasteiger partial charge in [0.1, 0.15) is 0 Å². The first kappa shape index (κ1) is 22.5. The zero-order valence-electron chi connectivity index (χ0n) is 17.7. The molecule has 0 bridgehead atoms. The Labute approximate surface area is 174 Å². The molecule has 2 aromatic carbocycles. The Balaban J connectivity index is 2.66. The molecule has 0 N–H and O–H groups in total. The van der Waals surface area contributed by atoms with Crippen molar-refractivity contribution in [1.82, 2.24) is 4.90 Å². The number of methoxy groups -OCH3 is 4. The topological polar surface area (TPSA) is 100 Å². The molecule has 0 saturated heterocycles. The van der Waals surface area contributed by atoms with E-state index in [1.54, 1.807) is 31.3 Å². The highest BCUT2D eigenvalue weighted by Crippen LogP contribution is 2.39. The van der Waals surface area contributed by atoms with Crippen molar-refractivity contribution in [2.75, 3.05) is 42.5 Å². The Kier molecular flexibility index (Phi) is 7.24. The van der Waals surface area contributed by atoms with Crippen molar-refractivity contribution in [3.05, 3.63) is 57.8 Å². The molecule has 0 aromatic heterocycles. The van der Waals surface area contributed by atoms with Gasteiger partial charge in [-0.05, 0) is 29.8 Å². The predicted octanol–water partition coefficient (Wildman–Crippen LogP) is 3.41. The van der Waals surface area contributed by atoms with E-state index in [0.717, 1.165) is 0 Å². The number of nitro benzene ring substituents is 1. The number of benzene rings is 2. The zero-order valence-corrected chi connectivity index (χ0v) is 17.7. The normalized spacial score (nSPS) is 10.9. The number of ether oxygens (including phenoxy) is 4. The molecule has 0 aliphatic heterocycles. The van der Waals surface area contributed by atoms with E-state index in [9.17, 15) is 14.9 Å². The molecule has 2 rings (SSSR count). The summed E-state index contributed by atoms with van der Waals surface area (Å²) in [6.07, 6.45) is 1.59. The molecule has 0 radical (unpaired) electrons.